The molecule has 1 aromatic carbocycles. The van der Waals surface area contributed by atoms with Gasteiger partial charge >= 0.3 is 0 Å². The van der Waals surface area contributed by atoms with E-state index in [1.807, 2.05) is 24.3 Å². The molecule has 0 radical (unpaired) electrons. The van der Waals surface area contributed by atoms with Gasteiger partial charge in [-0.25, -0.2) is 17.8 Å². The molecule has 1 aliphatic heterocycles. The van der Waals surface area contributed by atoms with Gasteiger partial charge < -0.3 is 10.1 Å². The summed E-state index contributed by atoms with van der Waals surface area (Å²) >= 11 is 0. The molecule has 1 N–H and O–H groups in total. The Morgan fingerprint density at radius 3 is 2.71 bits per heavy atom. The van der Waals surface area contributed by atoms with Crippen LogP contribution in [0, 0.1) is 6.92 Å². The number of ether oxygens (including phenoxy) is 1. The molecular formula is C28H25FN4O4S. The van der Waals surface area contributed by atoms with Gasteiger partial charge in [0.15, 0.2) is 0 Å². The summed E-state index contributed by atoms with van der Waals surface area (Å²) in [7, 11) is -4.26. The quantitative estimate of drug-likeness (QED) is 0.398. The maximum absolute atomic E-state index is 14.3. The fourth-order valence-corrected chi connectivity index (χ4v) is 6.04. The number of nitrogens with zero attached hydrogens (tertiary/aromatic N) is 3. The molecule has 3 aromatic heterocycles. The van der Waals surface area contributed by atoms with Gasteiger partial charge in [0.25, 0.3) is 5.91 Å². The van der Waals surface area contributed by atoms with Crippen molar-refractivity contribution in [2.24, 2.45) is 0 Å². The lowest BCUT2D eigenvalue weighted by Crippen LogP contribution is -2.24. The zero-order chi connectivity index (χ0) is 26.4. The number of alkyl halides is 1. The van der Waals surface area contributed by atoms with Crippen LogP contribution in [-0.2, 0) is 16.4 Å². The molecule has 8 nitrogen and oxygen atoms in total. The number of benzene rings is 1. The van der Waals surface area contributed by atoms with E-state index < -0.39 is 21.2 Å². The minimum absolute atomic E-state index is 0.0504. The van der Waals surface area contributed by atoms with Crippen molar-refractivity contribution in [3.63, 3.8) is 0 Å². The van der Waals surface area contributed by atoms with Crippen LogP contribution in [0.4, 0.5) is 4.39 Å². The van der Waals surface area contributed by atoms with Crippen LogP contribution in [0.5, 0.6) is 5.75 Å². The molecule has 1 atom stereocenters. The number of hydrogen-bond acceptors (Lipinski definition) is 7. The Labute approximate surface area is 219 Å². The summed E-state index contributed by atoms with van der Waals surface area (Å²) in [5.41, 5.74) is 2.45. The van der Waals surface area contributed by atoms with Crippen molar-refractivity contribution >= 4 is 26.6 Å². The number of carbonyl (C=O) groups is 1. The normalized spacial score (nSPS) is 18.3. The smallest absolute Gasteiger partial charge is 0.251 e. The van der Waals surface area contributed by atoms with E-state index in [-0.39, 0.29) is 35.8 Å². The van der Waals surface area contributed by atoms with E-state index in [0.29, 0.717) is 17.2 Å². The van der Waals surface area contributed by atoms with Crippen molar-refractivity contribution in [1.29, 1.82) is 0 Å². The Kier molecular flexibility index (Phi) is 6.06. The molecule has 1 aliphatic carbocycles. The summed E-state index contributed by atoms with van der Waals surface area (Å²) in [6.45, 7) is 1.68. The largest absolute Gasteiger partial charge is 0.492 e. The van der Waals surface area contributed by atoms with Gasteiger partial charge in [-0.05, 0) is 67.8 Å². The first kappa shape index (κ1) is 24.4. The molecule has 4 heterocycles. The van der Waals surface area contributed by atoms with Crippen molar-refractivity contribution in [3.05, 3.63) is 77.2 Å². The summed E-state index contributed by atoms with van der Waals surface area (Å²) in [5.74, 6) is 0.136. The number of carbonyl (C=O) groups excluding carboxylic acids is 1. The first-order valence-electron chi connectivity index (χ1n) is 12.5. The van der Waals surface area contributed by atoms with E-state index >= 15 is 0 Å². The fraction of sp³-hybridized carbons (Fsp3) is 0.286. The maximum atomic E-state index is 14.3. The first-order valence-corrected chi connectivity index (χ1v) is 14.0. The lowest BCUT2D eigenvalue weighted by molar-refractivity contribution is 0.0950. The minimum atomic E-state index is -4.26. The third-order valence-corrected chi connectivity index (χ3v) is 8.65. The van der Waals surface area contributed by atoms with Crippen molar-refractivity contribution in [3.8, 4) is 17.1 Å². The van der Waals surface area contributed by atoms with Gasteiger partial charge in [0, 0.05) is 35.2 Å². The highest BCUT2D eigenvalue weighted by Gasteiger charge is 2.34. The number of aromatic nitrogens is 3. The number of amides is 1. The van der Waals surface area contributed by atoms with E-state index in [0.717, 1.165) is 28.0 Å². The third kappa shape index (κ3) is 4.60. The molecule has 0 unspecified atom stereocenters. The van der Waals surface area contributed by atoms with Crippen LogP contribution in [0.2, 0.25) is 0 Å². The highest BCUT2D eigenvalue weighted by atomic mass is 32.2. The Hall–Kier alpha value is -3.92. The lowest BCUT2D eigenvalue weighted by atomic mass is 10.1. The molecule has 0 bridgehead atoms. The van der Waals surface area contributed by atoms with Crippen LogP contribution in [0.15, 0.2) is 59.6 Å². The molecule has 10 heteroatoms. The van der Waals surface area contributed by atoms with Crippen LogP contribution >= 0.6 is 0 Å². The van der Waals surface area contributed by atoms with Gasteiger partial charge in [-0.1, -0.05) is 6.07 Å². The third-order valence-electron chi connectivity index (χ3n) is 6.83. The molecule has 38 heavy (non-hydrogen) atoms. The predicted octanol–water partition coefficient (Wildman–Crippen LogP) is 4.66. The molecule has 6 rings (SSSR count). The second-order valence-corrected chi connectivity index (χ2v) is 11.7. The summed E-state index contributed by atoms with van der Waals surface area (Å²) in [5, 5.41) is 3.63. The fourth-order valence-electron chi connectivity index (χ4n) is 4.59. The molecule has 0 saturated heterocycles. The van der Waals surface area contributed by atoms with Crippen LogP contribution < -0.4 is 10.1 Å². The number of rotatable bonds is 5. The van der Waals surface area contributed by atoms with Crippen molar-refractivity contribution < 1.29 is 22.3 Å². The molecule has 1 fully saturated rings. The summed E-state index contributed by atoms with van der Waals surface area (Å²) < 4.78 is 45.0. The van der Waals surface area contributed by atoms with Gasteiger partial charge in [0.1, 0.15) is 10.6 Å². The molecular weight excluding hydrogens is 507 g/mol. The highest BCUT2D eigenvalue weighted by molar-refractivity contribution is 7.92. The van der Waals surface area contributed by atoms with Crippen LogP contribution in [0.1, 0.15) is 52.5 Å². The van der Waals surface area contributed by atoms with E-state index in [1.165, 1.54) is 25.0 Å². The Morgan fingerprint density at radius 1 is 1.08 bits per heavy atom. The lowest BCUT2D eigenvalue weighted by Gasteiger charge is -2.13. The van der Waals surface area contributed by atoms with E-state index in [2.05, 4.69) is 16.4 Å². The van der Waals surface area contributed by atoms with Gasteiger partial charge in [-0.2, -0.15) is 0 Å². The van der Waals surface area contributed by atoms with Gasteiger partial charge in [0.2, 0.25) is 15.3 Å². The highest BCUT2D eigenvalue weighted by Crippen LogP contribution is 2.39. The second-order valence-electron chi connectivity index (χ2n) is 9.68. The maximum Gasteiger partial charge on any atom is 0.251 e. The summed E-state index contributed by atoms with van der Waals surface area (Å²) in [4.78, 5) is 26.6. The molecule has 0 spiro atoms. The van der Waals surface area contributed by atoms with E-state index in [1.54, 1.807) is 19.2 Å². The van der Waals surface area contributed by atoms with Gasteiger partial charge in [-0.3, -0.25) is 14.8 Å². The molecule has 1 amide bonds. The molecule has 194 valence electrons. The summed E-state index contributed by atoms with van der Waals surface area (Å²) in [6, 6.07) is 14.4. The minimum Gasteiger partial charge on any atom is -0.492 e. The number of fused-ring (bicyclic) bond motifs is 2. The predicted molar refractivity (Wildman–Crippen MR) is 139 cm³/mol. The number of pyridine rings is 3. The first-order chi connectivity index (χ1) is 18.3. The number of halogens is 1. The van der Waals surface area contributed by atoms with Crippen LogP contribution in [0.25, 0.3) is 22.3 Å². The number of aryl methyl sites for hydroxylation is 1. The Morgan fingerprint density at radius 2 is 1.89 bits per heavy atom. The SMILES string of the molecule is Cc1cc(C(=O)NCc2cc3nc(-c4cccc(C5CC5)n4)ccc3cn2)cc2c1OCC[C@H](F)S2(=O)=O. The summed E-state index contributed by atoms with van der Waals surface area (Å²) in [6.07, 6.45) is 3.78. The monoisotopic (exact) mass is 532 g/mol. The molecule has 2 aliphatic rings. The average molecular weight is 533 g/mol. The molecule has 4 aromatic rings. The van der Waals surface area contributed by atoms with E-state index in [9.17, 15) is 17.6 Å². The topological polar surface area (TPSA) is 111 Å². The van der Waals surface area contributed by atoms with Crippen LogP contribution in [0.3, 0.4) is 0 Å². The second kappa shape index (κ2) is 9.43. The van der Waals surface area contributed by atoms with Gasteiger partial charge in [0.05, 0.1) is 35.8 Å². The molecule has 1 saturated carbocycles. The number of hydrogen-bond donors (Lipinski definition) is 1. The van der Waals surface area contributed by atoms with E-state index in [4.69, 9.17) is 14.7 Å². The average Bonchev–Trinajstić information content (AvgIpc) is 3.78. The Bertz CT molecular complexity index is 1690. The van der Waals surface area contributed by atoms with Crippen molar-refractivity contribution in [2.45, 2.75) is 49.0 Å². The number of nitrogens with one attached hydrogen (secondary N) is 1. The van der Waals surface area contributed by atoms with Crippen molar-refractivity contribution in [2.75, 3.05) is 6.61 Å². The Balaban J connectivity index is 1.23. The van der Waals surface area contributed by atoms with Gasteiger partial charge in [-0.15, -0.1) is 0 Å². The zero-order valence-corrected chi connectivity index (χ0v) is 21.5. The van der Waals surface area contributed by atoms with Crippen molar-refractivity contribution in [1.82, 2.24) is 20.3 Å². The number of sulfone groups is 1. The standard InChI is InChI=1S/C28H25FN4O4S/c1-16-11-19(12-25-27(16)37-10-9-26(29)38(25,35)36)28(34)31-15-20-13-24-18(14-30-20)7-8-23(33-24)22-4-2-3-21(32-22)17-5-6-17/h2-4,7-8,11-14,17,26H,5-6,9-10,15H2,1H3,(H,31,34)/t26-/m1/s1. The zero-order valence-electron chi connectivity index (χ0n) is 20.6. The van der Waals surface area contributed by atoms with Crippen LogP contribution in [-0.4, -0.2) is 41.4 Å².